The lowest BCUT2D eigenvalue weighted by Crippen LogP contribution is -2.50. The summed E-state index contributed by atoms with van der Waals surface area (Å²) in [5, 5.41) is 2.70. The summed E-state index contributed by atoms with van der Waals surface area (Å²) < 4.78 is 0. The molecule has 1 N–H and O–H groups in total. The second-order valence-electron chi connectivity index (χ2n) is 2.60. The van der Waals surface area contributed by atoms with Gasteiger partial charge in [0.1, 0.15) is 0 Å². The molecule has 1 unspecified atom stereocenters. The zero-order chi connectivity index (χ0) is 6.15. The summed E-state index contributed by atoms with van der Waals surface area (Å²) in [7, 11) is 0. The Bertz CT molecular complexity index is 109. The molecule has 1 atom stereocenters. The van der Waals surface area contributed by atoms with E-state index in [2.05, 4.69) is 19.2 Å². The van der Waals surface area contributed by atoms with E-state index in [1.54, 1.807) is 0 Å². The smallest absolute Gasteiger partial charge is 0.225 e. The van der Waals surface area contributed by atoms with Gasteiger partial charge in [-0.05, 0) is 5.92 Å². The van der Waals surface area contributed by atoms with Crippen LogP contribution in [0.1, 0.15) is 13.8 Å². The summed E-state index contributed by atoms with van der Waals surface area (Å²) >= 11 is 0. The summed E-state index contributed by atoms with van der Waals surface area (Å²) in [4.78, 5) is 10.6. The Hall–Kier alpha value is -0.530. The van der Waals surface area contributed by atoms with Crippen molar-refractivity contribution in [3.63, 3.8) is 0 Å². The summed E-state index contributed by atoms with van der Waals surface area (Å²) in [6.45, 7) is 5.03. The Morgan fingerprint density at radius 2 is 2.38 bits per heavy atom. The Morgan fingerprint density at radius 3 is 2.38 bits per heavy atom. The van der Waals surface area contributed by atoms with Crippen molar-refractivity contribution in [1.82, 2.24) is 5.32 Å². The first-order valence-corrected chi connectivity index (χ1v) is 2.99. The lowest BCUT2D eigenvalue weighted by atomic mass is 9.90. The molecule has 0 radical (unpaired) electrons. The minimum atomic E-state index is 0.222. The highest BCUT2D eigenvalue weighted by Crippen LogP contribution is 2.15. The fourth-order valence-corrected chi connectivity index (χ4v) is 0.842. The third kappa shape index (κ3) is 0.703. The van der Waals surface area contributed by atoms with Crippen LogP contribution in [-0.2, 0) is 4.79 Å². The van der Waals surface area contributed by atoms with Crippen molar-refractivity contribution in [2.75, 3.05) is 6.54 Å². The Labute approximate surface area is 49.3 Å². The largest absolute Gasteiger partial charge is 0.355 e. The third-order valence-electron chi connectivity index (χ3n) is 1.64. The molecule has 0 aromatic carbocycles. The van der Waals surface area contributed by atoms with Crippen molar-refractivity contribution in [3.8, 4) is 0 Å². The zero-order valence-corrected chi connectivity index (χ0v) is 5.27. The van der Waals surface area contributed by atoms with E-state index in [4.69, 9.17) is 0 Å². The second-order valence-corrected chi connectivity index (χ2v) is 2.60. The maximum atomic E-state index is 10.6. The molecule has 0 aliphatic carbocycles. The van der Waals surface area contributed by atoms with Gasteiger partial charge in [-0.3, -0.25) is 4.79 Å². The standard InChI is InChI=1S/C6H11NO/c1-4(2)5-3-7-6(5)8/h4-5H,3H2,1-2H3,(H,7,8). The number of hydrogen-bond acceptors (Lipinski definition) is 1. The molecule has 0 saturated carbocycles. The number of carbonyl (C=O) groups excluding carboxylic acids is 1. The number of β-lactam (4-membered cyclic amide) rings is 1. The highest BCUT2D eigenvalue weighted by Gasteiger charge is 2.29. The van der Waals surface area contributed by atoms with E-state index in [1.165, 1.54) is 0 Å². The number of carbonyl (C=O) groups is 1. The molecule has 46 valence electrons. The molecule has 1 aliphatic heterocycles. The van der Waals surface area contributed by atoms with E-state index < -0.39 is 0 Å². The van der Waals surface area contributed by atoms with Crippen LogP contribution in [0.25, 0.3) is 0 Å². The lowest BCUT2D eigenvalue weighted by Gasteiger charge is -2.28. The Balaban J connectivity index is 2.37. The highest BCUT2D eigenvalue weighted by molar-refractivity contribution is 5.84. The first-order valence-electron chi connectivity index (χ1n) is 2.99. The van der Waals surface area contributed by atoms with Crippen molar-refractivity contribution in [3.05, 3.63) is 0 Å². The summed E-state index contributed by atoms with van der Waals surface area (Å²) in [5.41, 5.74) is 0. The molecule has 1 heterocycles. The van der Waals surface area contributed by atoms with E-state index in [-0.39, 0.29) is 5.91 Å². The van der Waals surface area contributed by atoms with Gasteiger partial charge in [-0.25, -0.2) is 0 Å². The monoisotopic (exact) mass is 113 g/mol. The molecular formula is C6H11NO. The van der Waals surface area contributed by atoms with Crippen molar-refractivity contribution < 1.29 is 4.79 Å². The van der Waals surface area contributed by atoms with E-state index in [0.717, 1.165) is 6.54 Å². The molecule has 1 saturated heterocycles. The van der Waals surface area contributed by atoms with Crippen molar-refractivity contribution >= 4 is 5.91 Å². The molecule has 0 aromatic rings. The summed E-state index contributed by atoms with van der Waals surface area (Å²) in [6, 6.07) is 0. The molecule has 0 aromatic heterocycles. The van der Waals surface area contributed by atoms with E-state index in [0.29, 0.717) is 11.8 Å². The molecule has 1 aliphatic rings. The molecule has 8 heavy (non-hydrogen) atoms. The Morgan fingerprint density at radius 1 is 1.75 bits per heavy atom. The molecular weight excluding hydrogens is 102 g/mol. The Kier molecular flexibility index (Phi) is 1.24. The predicted molar refractivity (Wildman–Crippen MR) is 31.3 cm³/mol. The molecule has 1 fully saturated rings. The fourth-order valence-electron chi connectivity index (χ4n) is 0.842. The molecule has 1 amide bonds. The summed E-state index contributed by atoms with van der Waals surface area (Å²) in [6.07, 6.45) is 0. The zero-order valence-electron chi connectivity index (χ0n) is 5.27. The van der Waals surface area contributed by atoms with Gasteiger partial charge in [0.2, 0.25) is 5.91 Å². The van der Waals surface area contributed by atoms with Crippen molar-refractivity contribution in [2.45, 2.75) is 13.8 Å². The minimum Gasteiger partial charge on any atom is -0.355 e. The second kappa shape index (κ2) is 1.77. The van der Waals surface area contributed by atoms with Crippen LogP contribution in [0.5, 0.6) is 0 Å². The van der Waals surface area contributed by atoms with Crippen LogP contribution >= 0.6 is 0 Å². The molecule has 2 nitrogen and oxygen atoms in total. The van der Waals surface area contributed by atoms with Crippen LogP contribution in [0.2, 0.25) is 0 Å². The molecule has 1 rings (SSSR count). The topological polar surface area (TPSA) is 29.1 Å². The van der Waals surface area contributed by atoms with Crippen LogP contribution in [0.4, 0.5) is 0 Å². The molecule has 2 heteroatoms. The van der Waals surface area contributed by atoms with E-state index in [1.807, 2.05) is 0 Å². The summed E-state index contributed by atoms with van der Waals surface area (Å²) in [5.74, 6) is 1.04. The number of rotatable bonds is 1. The average Bonchev–Trinajstić information content (AvgIpc) is 1.61. The van der Waals surface area contributed by atoms with Gasteiger partial charge >= 0.3 is 0 Å². The van der Waals surface area contributed by atoms with Gasteiger partial charge in [0.25, 0.3) is 0 Å². The van der Waals surface area contributed by atoms with Gasteiger partial charge in [-0.2, -0.15) is 0 Å². The third-order valence-corrected chi connectivity index (χ3v) is 1.64. The average molecular weight is 113 g/mol. The maximum Gasteiger partial charge on any atom is 0.225 e. The van der Waals surface area contributed by atoms with E-state index in [9.17, 15) is 4.79 Å². The SMILES string of the molecule is CC(C)C1CNC1=O. The van der Waals surface area contributed by atoms with Gasteiger partial charge in [0, 0.05) is 6.54 Å². The van der Waals surface area contributed by atoms with Gasteiger partial charge in [0.05, 0.1) is 5.92 Å². The van der Waals surface area contributed by atoms with Crippen molar-refractivity contribution in [1.29, 1.82) is 0 Å². The fraction of sp³-hybridized carbons (Fsp3) is 0.833. The predicted octanol–water partition coefficient (Wildman–Crippen LogP) is 0.388. The number of amides is 1. The van der Waals surface area contributed by atoms with Crippen LogP contribution in [0.3, 0.4) is 0 Å². The first-order chi connectivity index (χ1) is 3.72. The van der Waals surface area contributed by atoms with Gasteiger partial charge in [-0.15, -0.1) is 0 Å². The minimum absolute atomic E-state index is 0.222. The van der Waals surface area contributed by atoms with Gasteiger partial charge < -0.3 is 5.32 Å². The van der Waals surface area contributed by atoms with Crippen LogP contribution in [-0.4, -0.2) is 12.5 Å². The van der Waals surface area contributed by atoms with Crippen LogP contribution < -0.4 is 5.32 Å². The highest BCUT2D eigenvalue weighted by atomic mass is 16.2. The molecule has 0 bridgehead atoms. The molecule has 0 spiro atoms. The van der Waals surface area contributed by atoms with Crippen LogP contribution in [0.15, 0.2) is 0 Å². The van der Waals surface area contributed by atoms with Gasteiger partial charge in [0.15, 0.2) is 0 Å². The number of nitrogens with one attached hydrogen (secondary N) is 1. The van der Waals surface area contributed by atoms with E-state index >= 15 is 0 Å². The normalized spacial score (nSPS) is 27.4. The maximum absolute atomic E-state index is 10.6. The first kappa shape index (κ1) is 5.60. The lowest BCUT2D eigenvalue weighted by molar-refractivity contribution is -0.132. The quantitative estimate of drug-likeness (QED) is 0.490. The number of hydrogen-bond donors (Lipinski definition) is 1. The van der Waals surface area contributed by atoms with Crippen molar-refractivity contribution in [2.24, 2.45) is 11.8 Å². The van der Waals surface area contributed by atoms with Gasteiger partial charge in [-0.1, -0.05) is 13.8 Å². The van der Waals surface area contributed by atoms with Crippen LogP contribution in [0, 0.1) is 11.8 Å².